The van der Waals surface area contributed by atoms with Crippen molar-refractivity contribution in [1.82, 2.24) is 10.6 Å². The van der Waals surface area contributed by atoms with Crippen molar-refractivity contribution in [3.63, 3.8) is 0 Å². The van der Waals surface area contributed by atoms with E-state index in [4.69, 9.17) is 4.74 Å². The van der Waals surface area contributed by atoms with Gasteiger partial charge in [0.25, 0.3) is 0 Å². The molecule has 3 N–H and O–H groups in total. The van der Waals surface area contributed by atoms with E-state index in [1.807, 2.05) is 13.8 Å². The maximum atomic E-state index is 13.5. The van der Waals surface area contributed by atoms with E-state index < -0.39 is 11.9 Å². The van der Waals surface area contributed by atoms with Crippen LogP contribution in [0, 0.1) is 5.82 Å². The average molecular weight is 297 g/mol. The number of benzene rings is 1. The van der Waals surface area contributed by atoms with Crippen LogP contribution >= 0.6 is 0 Å². The first-order valence-electron chi connectivity index (χ1n) is 7.21. The van der Waals surface area contributed by atoms with Crippen LogP contribution in [0.3, 0.4) is 0 Å². The molecule has 21 heavy (non-hydrogen) atoms. The highest BCUT2D eigenvalue weighted by atomic mass is 19.1. The van der Waals surface area contributed by atoms with Crippen molar-refractivity contribution >= 4 is 5.96 Å². The summed E-state index contributed by atoms with van der Waals surface area (Å²) in [5, 5.41) is 16.1. The van der Waals surface area contributed by atoms with Gasteiger partial charge >= 0.3 is 0 Å². The lowest BCUT2D eigenvalue weighted by molar-refractivity contribution is 0.152. The van der Waals surface area contributed by atoms with Crippen LogP contribution < -0.4 is 10.6 Å². The third kappa shape index (κ3) is 6.55. The van der Waals surface area contributed by atoms with Crippen LogP contribution in [0.2, 0.25) is 0 Å². The third-order valence-electron chi connectivity index (χ3n) is 2.77. The molecule has 1 aromatic rings. The number of hydrogen-bond acceptors (Lipinski definition) is 3. The fraction of sp³-hybridized carbons (Fsp3) is 0.533. The van der Waals surface area contributed by atoms with E-state index in [-0.39, 0.29) is 12.1 Å². The molecule has 0 amide bonds. The van der Waals surface area contributed by atoms with Gasteiger partial charge in [-0.15, -0.1) is 0 Å². The van der Waals surface area contributed by atoms with Gasteiger partial charge in [-0.25, -0.2) is 4.39 Å². The van der Waals surface area contributed by atoms with E-state index in [1.165, 1.54) is 6.07 Å². The van der Waals surface area contributed by atoms with Gasteiger partial charge in [0.05, 0.1) is 13.2 Å². The number of rotatable bonds is 8. The van der Waals surface area contributed by atoms with Gasteiger partial charge in [0, 0.05) is 25.3 Å². The van der Waals surface area contributed by atoms with E-state index in [2.05, 4.69) is 15.6 Å². The van der Waals surface area contributed by atoms with E-state index in [1.54, 1.807) is 18.2 Å². The van der Waals surface area contributed by atoms with Crippen molar-refractivity contribution in [3.05, 3.63) is 35.6 Å². The summed E-state index contributed by atoms with van der Waals surface area (Å²) < 4.78 is 18.8. The summed E-state index contributed by atoms with van der Waals surface area (Å²) >= 11 is 0. The van der Waals surface area contributed by atoms with Crippen LogP contribution in [0.15, 0.2) is 29.3 Å². The zero-order valence-electron chi connectivity index (χ0n) is 12.6. The maximum Gasteiger partial charge on any atom is 0.191 e. The molecule has 0 aliphatic rings. The average Bonchev–Trinajstić information content (AvgIpc) is 2.49. The SMILES string of the molecule is CCNC(=NCC(O)c1ccccc1F)NCCOCC. The Bertz CT molecular complexity index is 441. The largest absolute Gasteiger partial charge is 0.386 e. The van der Waals surface area contributed by atoms with E-state index in [9.17, 15) is 9.50 Å². The Balaban J connectivity index is 2.54. The van der Waals surface area contributed by atoms with Crippen molar-refractivity contribution in [2.24, 2.45) is 4.99 Å². The molecule has 0 aliphatic carbocycles. The minimum Gasteiger partial charge on any atom is -0.386 e. The Hall–Kier alpha value is -1.66. The first-order valence-corrected chi connectivity index (χ1v) is 7.21. The van der Waals surface area contributed by atoms with Crippen LogP contribution in [0.1, 0.15) is 25.5 Å². The molecule has 1 unspecified atom stereocenters. The van der Waals surface area contributed by atoms with Crippen LogP contribution in [-0.2, 0) is 4.74 Å². The summed E-state index contributed by atoms with van der Waals surface area (Å²) in [6, 6.07) is 6.17. The lowest BCUT2D eigenvalue weighted by Crippen LogP contribution is -2.39. The summed E-state index contributed by atoms with van der Waals surface area (Å²) in [4.78, 5) is 4.25. The highest BCUT2D eigenvalue weighted by Crippen LogP contribution is 2.16. The molecule has 1 aromatic carbocycles. The molecule has 0 saturated heterocycles. The first kappa shape index (κ1) is 17.4. The Labute approximate surface area is 125 Å². The standard InChI is InChI=1S/C15H24FN3O2/c1-3-17-15(18-9-10-21-4-2)19-11-14(20)12-7-5-6-8-13(12)16/h5-8,14,20H,3-4,9-11H2,1-2H3,(H2,17,18,19). The highest BCUT2D eigenvalue weighted by molar-refractivity contribution is 5.79. The highest BCUT2D eigenvalue weighted by Gasteiger charge is 2.11. The van der Waals surface area contributed by atoms with Crippen molar-refractivity contribution in [1.29, 1.82) is 0 Å². The molecule has 1 rings (SSSR count). The Morgan fingerprint density at radius 3 is 2.76 bits per heavy atom. The monoisotopic (exact) mass is 297 g/mol. The van der Waals surface area contributed by atoms with Crippen LogP contribution in [0.25, 0.3) is 0 Å². The maximum absolute atomic E-state index is 13.5. The molecule has 6 heteroatoms. The van der Waals surface area contributed by atoms with Gasteiger partial charge < -0.3 is 20.5 Å². The van der Waals surface area contributed by atoms with Crippen molar-refractivity contribution in [2.75, 3.05) is 32.8 Å². The molecule has 0 bridgehead atoms. The first-order chi connectivity index (χ1) is 10.2. The second kappa shape index (κ2) is 10.1. The molecular formula is C15H24FN3O2. The number of guanidine groups is 1. The van der Waals surface area contributed by atoms with Gasteiger partial charge in [-0.1, -0.05) is 18.2 Å². The number of halogens is 1. The molecule has 0 radical (unpaired) electrons. The van der Waals surface area contributed by atoms with E-state index in [0.717, 1.165) is 0 Å². The smallest absolute Gasteiger partial charge is 0.191 e. The number of nitrogens with one attached hydrogen (secondary N) is 2. The molecule has 0 heterocycles. The van der Waals surface area contributed by atoms with Gasteiger partial charge in [0.2, 0.25) is 0 Å². The third-order valence-corrected chi connectivity index (χ3v) is 2.77. The van der Waals surface area contributed by atoms with Crippen LogP contribution in [0.5, 0.6) is 0 Å². The molecule has 1 atom stereocenters. The molecule has 0 aliphatic heterocycles. The number of hydrogen-bond donors (Lipinski definition) is 3. The summed E-state index contributed by atoms with van der Waals surface area (Å²) in [6.45, 7) is 6.55. The van der Waals surface area contributed by atoms with Crippen LogP contribution in [-0.4, -0.2) is 43.9 Å². The Morgan fingerprint density at radius 1 is 1.33 bits per heavy atom. The quantitative estimate of drug-likeness (QED) is 0.386. The number of ether oxygens (including phenoxy) is 1. The summed E-state index contributed by atoms with van der Waals surface area (Å²) in [5.41, 5.74) is 0.256. The van der Waals surface area contributed by atoms with Gasteiger partial charge in [-0.3, -0.25) is 4.99 Å². The van der Waals surface area contributed by atoms with E-state index in [0.29, 0.717) is 32.3 Å². The predicted octanol–water partition coefficient (Wildman–Crippen LogP) is 1.45. The van der Waals surface area contributed by atoms with Gasteiger partial charge in [0.1, 0.15) is 11.9 Å². The summed E-state index contributed by atoms with van der Waals surface area (Å²) in [6.07, 6.45) is -0.964. The molecule has 0 saturated carbocycles. The summed E-state index contributed by atoms with van der Waals surface area (Å²) in [5.74, 6) is 0.155. The molecule has 0 aromatic heterocycles. The minimum absolute atomic E-state index is 0.0882. The topological polar surface area (TPSA) is 65.9 Å². The van der Waals surface area contributed by atoms with Crippen LogP contribution in [0.4, 0.5) is 4.39 Å². The fourth-order valence-electron chi connectivity index (χ4n) is 1.75. The molecule has 5 nitrogen and oxygen atoms in total. The zero-order chi connectivity index (χ0) is 15.5. The second-order valence-corrected chi connectivity index (χ2v) is 4.38. The Morgan fingerprint density at radius 2 is 2.10 bits per heavy atom. The lowest BCUT2D eigenvalue weighted by Gasteiger charge is -2.13. The molecule has 118 valence electrons. The molecule has 0 spiro atoms. The molecule has 0 fully saturated rings. The number of aliphatic hydroxyl groups excluding tert-OH is 1. The van der Waals surface area contributed by atoms with Crippen molar-refractivity contribution in [3.8, 4) is 0 Å². The van der Waals surface area contributed by atoms with Crippen molar-refractivity contribution in [2.45, 2.75) is 20.0 Å². The Kier molecular flexibility index (Phi) is 8.38. The minimum atomic E-state index is -0.964. The number of nitrogens with zero attached hydrogens (tertiary/aromatic N) is 1. The van der Waals surface area contributed by atoms with Crippen molar-refractivity contribution < 1.29 is 14.2 Å². The predicted molar refractivity (Wildman–Crippen MR) is 81.8 cm³/mol. The summed E-state index contributed by atoms with van der Waals surface area (Å²) in [7, 11) is 0. The zero-order valence-corrected chi connectivity index (χ0v) is 12.6. The molecular weight excluding hydrogens is 273 g/mol. The lowest BCUT2D eigenvalue weighted by atomic mass is 10.1. The van der Waals surface area contributed by atoms with E-state index >= 15 is 0 Å². The fourth-order valence-corrected chi connectivity index (χ4v) is 1.75. The van der Waals surface area contributed by atoms with Gasteiger partial charge in [0.15, 0.2) is 5.96 Å². The second-order valence-electron chi connectivity index (χ2n) is 4.38. The van der Waals surface area contributed by atoms with Gasteiger partial charge in [-0.05, 0) is 19.9 Å². The number of aliphatic imine (C=N–C) groups is 1. The normalized spacial score (nSPS) is 13.0. The number of aliphatic hydroxyl groups is 1. The van der Waals surface area contributed by atoms with Gasteiger partial charge in [-0.2, -0.15) is 0 Å².